The normalized spacial score (nSPS) is 17.9. The number of hydrogen-bond acceptors (Lipinski definition) is 6. The number of nitrogens with zero attached hydrogens (tertiary/aromatic N) is 2. The molecule has 2 heterocycles. The number of benzene rings is 1. The number of nitrogens with one attached hydrogen (secondary N) is 2. The van der Waals surface area contributed by atoms with E-state index in [0.717, 1.165) is 25.1 Å². The molecule has 1 saturated heterocycles. The number of hydrogen-bond donors (Lipinski definition) is 2. The van der Waals surface area contributed by atoms with Gasteiger partial charge >= 0.3 is 0 Å². The van der Waals surface area contributed by atoms with Gasteiger partial charge in [0.2, 0.25) is 0 Å². The Labute approximate surface area is 142 Å². The molecule has 3 rings (SSSR count). The van der Waals surface area contributed by atoms with E-state index < -0.39 is 26.6 Å². The Morgan fingerprint density at radius 1 is 1.38 bits per heavy atom. The molecule has 0 saturated carbocycles. The molecule has 1 aromatic carbocycles. The van der Waals surface area contributed by atoms with Crippen LogP contribution in [0.2, 0.25) is 0 Å². The van der Waals surface area contributed by atoms with Crippen LogP contribution in [0.4, 0.5) is 20.3 Å². The topological polar surface area (TPSA) is 74.3 Å². The van der Waals surface area contributed by atoms with Crippen LogP contribution in [-0.2, 0) is 10.0 Å². The van der Waals surface area contributed by atoms with Crippen molar-refractivity contribution in [3.05, 3.63) is 34.7 Å². The van der Waals surface area contributed by atoms with Crippen LogP contribution in [-0.4, -0.2) is 39.6 Å². The first-order valence-corrected chi connectivity index (χ1v) is 9.64. The summed E-state index contributed by atoms with van der Waals surface area (Å²) in [5, 5.41) is 4.60. The standard InChI is InChI=1S/C14H16F2N4O2S2/c1-20(9-2-3-17-6-9)10-4-11(15)14(12(16)5-10)24(21,22)19-13-7-23-8-18-13/h4-5,7-9,17,19H,2-3,6H2,1H3/t9-/m0/s1. The van der Waals surface area contributed by atoms with E-state index in [0.29, 0.717) is 12.2 Å². The molecule has 0 unspecified atom stereocenters. The molecule has 1 atom stereocenters. The predicted molar refractivity (Wildman–Crippen MR) is 89.0 cm³/mol. The van der Waals surface area contributed by atoms with Gasteiger partial charge in [-0.3, -0.25) is 4.72 Å². The maximum absolute atomic E-state index is 14.4. The van der Waals surface area contributed by atoms with Crippen molar-refractivity contribution < 1.29 is 17.2 Å². The van der Waals surface area contributed by atoms with Crippen molar-refractivity contribution in [3.63, 3.8) is 0 Å². The van der Waals surface area contributed by atoms with E-state index in [2.05, 4.69) is 15.0 Å². The van der Waals surface area contributed by atoms with Crippen LogP contribution in [0.3, 0.4) is 0 Å². The summed E-state index contributed by atoms with van der Waals surface area (Å²) < 4.78 is 55.3. The number of rotatable bonds is 5. The number of thiazole rings is 1. The Morgan fingerprint density at radius 3 is 2.62 bits per heavy atom. The Kier molecular flexibility index (Phi) is 4.70. The fourth-order valence-corrected chi connectivity index (χ4v) is 4.32. The molecule has 0 aliphatic carbocycles. The molecule has 0 bridgehead atoms. The maximum atomic E-state index is 14.4. The molecule has 2 N–H and O–H groups in total. The quantitative estimate of drug-likeness (QED) is 0.838. The van der Waals surface area contributed by atoms with E-state index in [4.69, 9.17) is 0 Å². The average molecular weight is 374 g/mol. The molecule has 130 valence electrons. The first-order chi connectivity index (χ1) is 11.4. The Morgan fingerprint density at radius 2 is 2.08 bits per heavy atom. The summed E-state index contributed by atoms with van der Waals surface area (Å²) in [5.41, 5.74) is 1.71. The zero-order chi connectivity index (χ0) is 17.3. The first-order valence-electron chi connectivity index (χ1n) is 7.22. The molecule has 1 aromatic heterocycles. The zero-order valence-electron chi connectivity index (χ0n) is 12.8. The van der Waals surface area contributed by atoms with Crippen molar-refractivity contribution in [2.24, 2.45) is 0 Å². The van der Waals surface area contributed by atoms with Crippen LogP contribution in [0, 0.1) is 11.6 Å². The second kappa shape index (κ2) is 6.61. The molecule has 6 nitrogen and oxygen atoms in total. The highest BCUT2D eigenvalue weighted by Gasteiger charge is 2.28. The molecule has 0 amide bonds. The van der Waals surface area contributed by atoms with Gasteiger partial charge in [0, 0.05) is 30.7 Å². The highest BCUT2D eigenvalue weighted by Crippen LogP contribution is 2.28. The van der Waals surface area contributed by atoms with Crippen LogP contribution < -0.4 is 14.9 Å². The van der Waals surface area contributed by atoms with Crippen molar-refractivity contribution in [1.82, 2.24) is 10.3 Å². The smallest absolute Gasteiger partial charge is 0.268 e. The second-order valence-corrected chi connectivity index (χ2v) is 7.81. The van der Waals surface area contributed by atoms with Crippen LogP contribution in [0.5, 0.6) is 0 Å². The molecule has 0 radical (unpaired) electrons. The minimum atomic E-state index is -4.39. The molecular weight excluding hydrogens is 358 g/mol. The molecule has 2 aromatic rings. The number of anilines is 2. The maximum Gasteiger partial charge on any atom is 0.268 e. The highest BCUT2D eigenvalue weighted by atomic mass is 32.2. The summed E-state index contributed by atoms with van der Waals surface area (Å²) in [7, 11) is -2.66. The molecule has 24 heavy (non-hydrogen) atoms. The van der Waals surface area contributed by atoms with E-state index in [1.807, 2.05) is 0 Å². The van der Waals surface area contributed by atoms with Crippen molar-refractivity contribution in [2.45, 2.75) is 17.4 Å². The lowest BCUT2D eigenvalue weighted by Crippen LogP contribution is -2.33. The lowest BCUT2D eigenvalue weighted by molar-refractivity contribution is 0.519. The summed E-state index contributed by atoms with van der Waals surface area (Å²) in [6.45, 7) is 1.55. The summed E-state index contributed by atoms with van der Waals surface area (Å²) in [5.74, 6) is -2.24. The summed E-state index contributed by atoms with van der Waals surface area (Å²) in [4.78, 5) is 4.50. The summed E-state index contributed by atoms with van der Waals surface area (Å²) in [6, 6.07) is 2.19. The minimum Gasteiger partial charge on any atom is -0.370 e. The van der Waals surface area contributed by atoms with E-state index in [-0.39, 0.29) is 11.9 Å². The van der Waals surface area contributed by atoms with Gasteiger partial charge in [-0.25, -0.2) is 22.2 Å². The van der Waals surface area contributed by atoms with Gasteiger partial charge in [0.1, 0.15) is 11.6 Å². The number of likely N-dealkylation sites (N-methyl/N-ethyl adjacent to an activating group) is 1. The van der Waals surface area contributed by atoms with Crippen LogP contribution >= 0.6 is 11.3 Å². The zero-order valence-corrected chi connectivity index (χ0v) is 14.4. The van der Waals surface area contributed by atoms with Crippen LogP contribution in [0.25, 0.3) is 0 Å². The Balaban J connectivity index is 1.92. The Hall–Kier alpha value is -1.78. The van der Waals surface area contributed by atoms with Gasteiger partial charge in [0.25, 0.3) is 10.0 Å². The minimum absolute atomic E-state index is 0.0250. The lowest BCUT2D eigenvalue weighted by atomic mass is 10.2. The van der Waals surface area contributed by atoms with Crippen molar-refractivity contribution in [3.8, 4) is 0 Å². The largest absolute Gasteiger partial charge is 0.370 e. The van der Waals surface area contributed by atoms with E-state index >= 15 is 0 Å². The van der Waals surface area contributed by atoms with Gasteiger partial charge < -0.3 is 10.2 Å². The molecular formula is C14H16F2N4O2S2. The monoisotopic (exact) mass is 374 g/mol. The number of halogens is 2. The van der Waals surface area contributed by atoms with E-state index in [1.165, 1.54) is 22.2 Å². The van der Waals surface area contributed by atoms with Crippen LogP contribution in [0.15, 0.2) is 27.9 Å². The first kappa shape index (κ1) is 17.1. The fourth-order valence-electron chi connectivity index (χ4n) is 2.64. The highest BCUT2D eigenvalue weighted by molar-refractivity contribution is 7.92. The Bertz CT molecular complexity index is 798. The van der Waals surface area contributed by atoms with Gasteiger partial charge in [-0.05, 0) is 25.1 Å². The van der Waals surface area contributed by atoms with Gasteiger partial charge in [-0.2, -0.15) is 0 Å². The molecule has 1 aliphatic rings. The van der Waals surface area contributed by atoms with Gasteiger partial charge in [-0.15, -0.1) is 11.3 Å². The number of aromatic nitrogens is 1. The SMILES string of the molecule is CN(c1cc(F)c(S(=O)(=O)Nc2cscn2)c(F)c1)[C@H]1CCNC1. The third-order valence-corrected chi connectivity index (χ3v) is 5.90. The van der Waals surface area contributed by atoms with E-state index in [9.17, 15) is 17.2 Å². The van der Waals surface area contributed by atoms with Gasteiger partial charge in [0.15, 0.2) is 10.7 Å². The summed E-state index contributed by atoms with van der Waals surface area (Å²) >= 11 is 1.17. The van der Waals surface area contributed by atoms with Crippen molar-refractivity contribution in [1.29, 1.82) is 0 Å². The molecule has 10 heteroatoms. The molecule has 0 spiro atoms. The lowest BCUT2D eigenvalue weighted by Gasteiger charge is -2.26. The van der Waals surface area contributed by atoms with Crippen molar-refractivity contribution >= 4 is 32.9 Å². The number of sulfonamides is 1. The van der Waals surface area contributed by atoms with Crippen molar-refractivity contribution in [2.75, 3.05) is 29.8 Å². The van der Waals surface area contributed by atoms with Gasteiger partial charge in [0.05, 0.1) is 5.51 Å². The fraction of sp³-hybridized carbons (Fsp3) is 0.357. The summed E-state index contributed by atoms with van der Waals surface area (Å²) in [6.07, 6.45) is 0.852. The average Bonchev–Trinajstić information content (AvgIpc) is 3.17. The van der Waals surface area contributed by atoms with Crippen LogP contribution in [0.1, 0.15) is 6.42 Å². The third kappa shape index (κ3) is 3.35. The van der Waals surface area contributed by atoms with Gasteiger partial charge in [-0.1, -0.05) is 0 Å². The molecule has 1 fully saturated rings. The second-order valence-electron chi connectivity index (χ2n) is 5.48. The molecule has 1 aliphatic heterocycles. The van der Waals surface area contributed by atoms with E-state index in [1.54, 1.807) is 11.9 Å². The predicted octanol–water partition coefficient (Wildman–Crippen LogP) is 2.02. The third-order valence-electron chi connectivity index (χ3n) is 3.91.